The molecule has 0 atom stereocenters. The van der Waals surface area contributed by atoms with Crippen LogP contribution in [0.25, 0.3) is 0 Å². The third-order valence-corrected chi connectivity index (χ3v) is 7.69. The van der Waals surface area contributed by atoms with E-state index in [4.69, 9.17) is 0 Å². The summed E-state index contributed by atoms with van der Waals surface area (Å²) < 4.78 is 69.2. The van der Waals surface area contributed by atoms with Crippen molar-refractivity contribution in [2.45, 2.75) is 37.4 Å². The van der Waals surface area contributed by atoms with Crippen molar-refractivity contribution in [2.75, 3.05) is 48.8 Å². The Hall–Kier alpha value is -3.42. The number of benzene rings is 2. The molecule has 0 unspecified atom stereocenters. The van der Waals surface area contributed by atoms with Gasteiger partial charge in [-0.1, -0.05) is 6.07 Å². The minimum absolute atomic E-state index is 0.0453. The Morgan fingerprint density at radius 2 is 1.56 bits per heavy atom. The van der Waals surface area contributed by atoms with Crippen molar-refractivity contribution in [2.24, 2.45) is 0 Å². The number of nitrogens with zero attached hydrogens (tertiary/aromatic N) is 4. The van der Waals surface area contributed by atoms with E-state index in [0.717, 1.165) is 31.9 Å². The maximum absolute atomic E-state index is 13.8. The molecule has 9 nitrogen and oxygen atoms in total. The van der Waals surface area contributed by atoms with Gasteiger partial charge < -0.3 is 20.4 Å². The second-order valence-corrected chi connectivity index (χ2v) is 12.1. The first-order valence-electron chi connectivity index (χ1n) is 12.4. The van der Waals surface area contributed by atoms with E-state index in [0.29, 0.717) is 11.9 Å². The molecule has 0 aliphatic carbocycles. The second-order valence-electron chi connectivity index (χ2n) is 10.4. The van der Waals surface area contributed by atoms with Crippen LogP contribution in [0.2, 0.25) is 0 Å². The second kappa shape index (κ2) is 11.0. The lowest BCUT2D eigenvalue weighted by atomic mass is 10.1. The van der Waals surface area contributed by atoms with E-state index in [9.17, 15) is 21.6 Å². The first-order chi connectivity index (χ1) is 18.2. The average molecular weight is 564 g/mol. The molecule has 1 fully saturated rings. The summed E-state index contributed by atoms with van der Waals surface area (Å²) in [6, 6.07) is 13.0. The summed E-state index contributed by atoms with van der Waals surface area (Å²) in [5.41, 5.74) is -0.0279. The Morgan fingerprint density at radius 1 is 0.897 bits per heavy atom. The van der Waals surface area contributed by atoms with Gasteiger partial charge in [0.1, 0.15) is 11.4 Å². The number of nitrogens with one attached hydrogen (secondary N) is 3. The van der Waals surface area contributed by atoms with Gasteiger partial charge in [0.15, 0.2) is 0 Å². The normalized spacial score (nSPS) is 15.3. The van der Waals surface area contributed by atoms with Crippen molar-refractivity contribution in [1.82, 2.24) is 19.6 Å². The lowest BCUT2D eigenvalue weighted by molar-refractivity contribution is -0.137. The predicted octanol–water partition coefficient (Wildman–Crippen LogP) is 4.81. The van der Waals surface area contributed by atoms with Gasteiger partial charge in [-0.3, -0.25) is 0 Å². The molecule has 1 aromatic heterocycles. The van der Waals surface area contributed by atoms with E-state index >= 15 is 0 Å². The van der Waals surface area contributed by atoms with Crippen molar-refractivity contribution in [3.63, 3.8) is 0 Å². The summed E-state index contributed by atoms with van der Waals surface area (Å²) in [5, 5.41) is 5.57. The van der Waals surface area contributed by atoms with Crippen LogP contribution in [0.4, 0.5) is 42.0 Å². The van der Waals surface area contributed by atoms with E-state index < -0.39 is 33.1 Å². The number of halogens is 3. The first kappa shape index (κ1) is 28.6. The molecule has 1 aliphatic heterocycles. The summed E-state index contributed by atoms with van der Waals surface area (Å²) in [4.78, 5) is 12.4. The molecule has 0 spiro atoms. The fourth-order valence-corrected chi connectivity index (χ4v) is 5.50. The van der Waals surface area contributed by atoms with E-state index in [1.165, 1.54) is 24.3 Å². The largest absolute Gasteiger partial charge is 0.421 e. The predicted molar refractivity (Wildman–Crippen MR) is 146 cm³/mol. The number of sulfonamides is 1. The Kier molecular flexibility index (Phi) is 8.05. The number of rotatable bonds is 7. The van der Waals surface area contributed by atoms with Gasteiger partial charge in [-0.15, -0.1) is 0 Å². The third-order valence-electron chi connectivity index (χ3n) is 5.93. The molecule has 210 valence electrons. The summed E-state index contributed by atoms with van der Waals surface area (Å²) in [7, 11) is -1.81. The highest BCUT2D eigenvalue weighted by Gasteiger charge is 2.35. The van der Waals surface area contributed by atoms with Crippen LogP contribution in [0.15, 0.2) is 59.6 Å². The van der Waals surface area contributed by atoms with Gasteiger partial charge in [0.25, 0.3) is 0 Å². The SMILES string of the molecule is CN1CCN(c2ccc(Nc3ncc(C(F)(F)F)c(Nc4cccc(S(=O)(=O)NC(C)(C)C)c4)n3)cc2)CC1. The number of hydrogen-bond donors (Lipinski definition) is 3. The molecule has 0 amide bonds. The number of alkyl halides is 3. The Bertz CT molecular complexity index is 1400. The standard InChI is InChI=1S/C26H32F3N7O2S/c1-25(2,3)34-39(37,38)21-7-5-6-19(16-21)31-23-22(26(27,28)29)17-30-24(33-23)32-18-8-10-20(11-9-18)36-14-12-35(4)13-15-36/h5-11,16-17,34H,12-15H2,1-4H3,(H2,30,31,32,33). The molecule has 39 heavy (non-hydrogen) atoms. The monoisotopic (exact) mass is 563 g/mol. The highest BCUT2D eigenvalue weighted by Crippen LogP contribution is 2.35. The fourth-order valence-electron chi connectivity index (χ4n) is 4.03. The molecule has 1 aliphatic rings. The lowest BCUT2D eigenvalue weighted by Crippen LogP contribution is -2.44. The maximum atomic E-state index is 13.8. The number of anilines is 5. The van der Waals surface area contributed by atoms with Gasteiger partial charge in [0.05, 0.1) is 4.90 Å². The average Bonchev–Trinajstić information content (AvgIpc) is 2.83. The zero-order chi connectivity index (χ0) is 28.4. The summed E-state index contributed by atoms with van der Waals surface area (Å²) in [6.07, 6.45) is -4.04. The van der Waals surface area contributed by atoms with Crippen LogP contribution in [0.3, 0.4) is 0 Å². The molecule has 0 saturated carbocycles. The number of hydrogen-bond acceptors (Lipinski definition) is 8. The topological polar surface area (TPSA) is 102 Å². The zero-order valence-corrected chi connectivity index (χ0v) is 23.0. The number of likely N-dealkylation sites (N-methyl/N-ethyl adjacent to an activating group) is 1. The summed E-state index contributed by atoms with van der Waals surface area (Å²) in [5.74, 6) is -0.552. The highest BCUT2D eigenvalue weighted by atomic mass is 32.2. The Labute approximate surface area is 226 Å². The number of aromatic nitrogens is 2. The Balaban J connectivity index is 1.56. The van der Waals surface area contributed by atoms with Crippen LogP contribution >= 0.6 is 0 Å². The van der Waals surface area contributed by atoms with Crippen LogP contribution in [-0.4, -0.2) is 62.1 Å². The molecule has 3 aromatic rings. The molecule has 0 radical (unpaired) electrons. The van der Waals surface area contributed by atoms with Crippen molar-refractivity contribution < 1.29 is 21.6 Å². The van der Waals surface area contributed by atoms with Crippen LogP contribution in [0.1, 0.15) is 26.3 Å². The van der Waals surface area contributed by atoms with Gasteiger partial charge in [-0.05, 0) is 70.3 Å². The molecule has 2 heterocycles. The van der Waals surface area contributed by atoms with Gasteiger partial charge in [-0.25, -0.2) is 18.1 Å². The molecule has 4 rings (SSSR count). The van der Waals surface area contributed by atoms with E-state index in [2.05, 4.69) is 42.2 Å². The maximum Gasteiger partial charge on any atom is 0.421 e. The van der Waals surface area contributed by atoms with Crippen LogP contribution in [0, 0.1) is 0 Å². The van der Waals surface area contributed by atoms with E-state index in [1.807, 2.05) is 24.3 Å². The fraction of sp³-hybridized carbons (Fsp3) is 0.385. The molecule has 1 saturated heterocycles. The van der Waals surface area contributed by atoms with E-state index in [-0.39, 0.29) is 16.5 Å². The molecule has 2 aromatic carbocycles. The van der Waals surface area contributed by atoms with E-state index in [1.54, 1.807) is 20.8 Å². The molecule has 3 N–H and O–H groups in total. The molecule has 0 bridgehead atoms. The van der Waals surface area contributed by atoms with Crippen molar-refractivity contribution in [3.05, 3.63) is 60.3 Å². The number of piperazine rings is 1. The summed E-state index contributed by atoms with van der Waals surface area (Å²) >= 11 is 0. The smallest absolute Gasteiger partial charge is 0.369 e. The van der Waals surface area contributed by atoms with Gasteiger partial charge in [0, 0.05) is 55.0 Å². The lowest BCUT2D eigenvalue weighted by Gasteiger charge is -2.34. The molecule has 13 heteroatoms. The van der Waals surface area contributed by atoms with Gasteiger partial charge in [0.2, 0.25) is 16.0 Å². The zero-order valence-electron chi connectivity index (χ0n) is 22.2. The third kappa shape index (κ3) is 7.58. The van der Waals surface area contributed by atoms with Crippen LogP contribution in [0.5, 0.6) is 0 Å². The van der Waals surface area contributed by atoms with Crippen molar-refractivity contribution in [3.8, 4) is 0 Å². The van der Waals surface area contributed by atoms with Gasteiger partial charge in [-0.2, -0.15) is 18.2 Å². The van der Waals surface area contributed by atoms with Crippen molar-refractivity contribution in [1.29, 1.82) is 0 Å². The highest BCUT2D eigenvalue weighted by molar-refractivity contribution is 7.89. The first-order valence-corrected chi connectivity index (χ1v) is 13.8. The van der Waals surface area contributed by atoms with Gasteiger partial charge >= 0.3 is 6.18 Å². The Morgan fingerprint density at radius 3 is 2.18 bits per heavy atom. The minimum Gasteiger partial charge on any atom is -0.369 e. The minimum atomic E-state index is -4.73. The van der Waals surface area contributed by atoms with Crippen molar-refractivity contribution >= 4 is 38.9 Å². The summed E-state index contributed by atoms with van der Waals surface area (Å²) in [6.45, 7) is 8.84. The quantitative estimate of drug-likeness (QED) is 0.377. The molecular weight excluding hydrogens is 531 g/mol. The van der Waals surface area contributed by atoms with Crippen LogP contribution in [-0.2, 0) is 16.2 Å². The van der Waals surface area contributed by atoms with Crippen LogP contribution < -0.4 is 20.3 Å². The molecular formula is C26H32F3N7O2S.